The van der Waals surface area contributed by atoms with E-state index >= 15 is 0 Å². The van der Waals surface area contributed by atoms with Gasteiger partial charge >= 0.3 is 6.09 Å². The number of hydrogen-bond acceptors (Lipinski definition) is 6. The average molecular weight is 437 g/mol. The molecule has 0 bridgehead atoms. The number of methoxy groups -OCH3 is 1. The number of hydrogen-bond donors (Lipinski definition) is 3. The number of fused-ring (bicyclic) bond motifs is 1. The molecule has 0 unspecified atom stereocenters. The van der Waals surface area contributed by atoms with E-state index in [1.165, 1.54) is 37.3 Å². The molecule has 2 aromatic heterocycles. The number of anilines is 3. The molecule has 164 valence electrons. The number of nitrogens with zero attached hydrogens (tertiary/aromatic N) is 2. The predicted octanol–water partition coefficient (Wildman–Crippen LogP) is 3.68. The van der Waals surface area contributed by atoms with Gasteiger partial charge in [0.15, 0.2) is 5.78 Å². The van der Waals surface area contributed by atoms with Gasteiger partial charge in [-0.1, -0.05) is 0 Å². The van der Waals surface area contributed by atoms with Crippen molar-refractivity contribution >= 4 is 35.0 Å². The van der Waals surface area contributed by atoms with Gasteiger partial charge in [-0.2, -0.15) is 0 Å². The zero-order chi connectivity index (χ0) is 22.8. The monoisotopic (exact) mass is 437 g/mol. The first kappa shape index (κ1) is 21.0. The van der Waals surface area contributed by atoms with Crippen LogP contribution in [0, 0.1) is 5.82 Å². The summed E-state index contributed by atoms with van der Waals surface area (Å²) < 4.78 is 18.1. The third kappa shape index (κ3) is 4.15. The van der Waals surface area contributed by atoms with E-state index in [-0.39, 0.29) is 30.6 Å². The maximum Gasteiger partial charge on any atom is 0.410 e. The molecular formula is C22H20FN5O4. The molecule has 4 rings (SSSR count). The van der Waals surface area contributed by atoms with Crippen molar-refractivity contribution in [3.05, 3.63) is 59.7 Å². The molecule has 1 aromatic carbocycles. The van der Waals surface area contributed by atoms with Crippen molar-refractivity contribution in [1.29, 1.82) is 0 Å². The standard InChI is InChI=1S/C22H20FN5O4/c1-12(29)25-18-9-13(7-8-24-18)20-21(26-15-5-3-14(23)4-6-15)19-16(27-20)10-28(11-17(19)30)22(31)32-2/h3-9,26-27H,10-11H2,1-2H3,(H,24,25,29). The summed E-state index contributed by atoms with van der Waals surface area (Å²) in [5.74, 6) is -0.586. The molecule has 0 aliphatic carbocycles. The number of aromatic amines is 1. The summed E-state index contributed by atoms with van der Waals surface area (Å²) in [5, 5.41) is 5.82. The minimum absolute atomic E-state index is 0.136. The van der Waals surface area contributed by atoms with Crippen LogP contribution in [0.25, 0.3) is 11.3 Å². The summed E-state index contributed by atoms with van der Waals surface area (Å²) in [6.45, 7) is 1.39. The first-order valence-corrected chi connectivity index (χ1v) is 9.73. The van der Waals surface area contributed by atoms with Crippen molar-refractivity contribution in [2.45, 2.75) is 13.5 Å². The Morgan fingerprint density at radius 2 is 1.94 bits per heavy atom. The van der Waals surface area contributed by atoms with Crippen LogP contribution in [0.4, 0.5) is 26.4 Å². The zero-order valence-electron chi connectivity index (χ0n) is 17.4. The van der Waals surface area contributed by atoms with Gasteiger partial charge in [-0.3, -0.25) is 14.5 Å². The number of benzene rings is 1. The number of rotatable bonds is 4. The van der Waals surface area contributed by atoms with Crippen LogP contribution in [0.1, 0.15) is 23.0 Å². The zero-order valence-corrected chi connectivity index (χ0v) is 17.4. The molecule has 1 aliphatic rings. The molecule has 0 atom stereocenters. The third-order valence-electron chi connectivity index (χ3n) is 4.94. The van der Waals surface area contributed by atoms with Crippen LogP contribution in [-0.2, 0) is 16.1 Å². The first-order valence-electron chi connectivity index (χ1n) is 9.73. The van der Waals surface area contributed by atoms with Crippen molar-refractivity contribution in [1.82, 2.24) is 14.9 Å². The Bertz CT molecular complexity index is 1210. The number of ketones is 1. The second kappa shape index (κ2) is 8.50. The molecule has 0 saturated carbocycles. The highest BCUT2D eigenvalue weighted by atomic mass is 19.1. The Morgan fingerprint density at radius 1 is 1.19 bits per heavy atom. The number of nitrogens with one attached hydrogen (secondary N) is 3. The van der Waals surface area contributed by atoms with E-state index in [2.05, 4.69) is 20.6 Å². The lowest BCUT2D eigenvalue weighted by Crippen LogP contribution is -2.39. The number of aromatic nitrogens is 2. The predicted molar refractivity (Wildman–Crippen MR) is 115 cm³/mol. The number of ether oxygens (including phenoxy) is 1. The van der Waals surface area contributed by atoms with E-state index in [4.69, 9.17) is 4.74 Å². The topological polar surface area (TPSA) is 116 Å². The highest BCUT2D eigenvalue weighted by Gasteiger charge is 2.33. The van der Waals surface area contributed by atoms with Crippen molar-refractivity contribution in [2.75, 3.05) is 24.3 Å². The maximum atomic E-state index is 13.4. The van der Waals surface area contributed by atoms with Crippen LogP contribution < -0.4 is 10.6 Å². The van der Waals surface area contributed by atoms with Crippen molar-refractivity contribution in [2.24, 2.45) is 0 Å². The lowest BCUT2D eigenvalue weighted by molar-refractivity contribution is -0.114. The van der Waals surface area contributed by atoms with Gasteiger partial charge in [-0.25, -0.2) is 14.2 Å². The second-order valence-corrected chi connectivity index (χ2v) is 7.22. The number of amides is 2. The number of carbonyl (C=O) groups excluding carboxylic acids is 3. The molecule has 3 heterocycles. The Hall–Kier alpha value is -4.21. The van der Waals surface area contributed by atoms with Gasteiger partial charge in [0.2, 0.25) is 5.91 Å². The summed E-state index contributed by atoms with van der Waals surface area (Å²) in [7, 11) is 1.25. The third-order valence-corrected chi connectivity index (χ3v) is 4.94. The van der Waals surface area contributed by atoms with E-state index < -0.39 is 6.09 Å². The molecule has 2 amide bonds. The normalized spacial score (nSPS) is 12.8. The summed E-state index contributed by atoms with van der Waals surface area (Å²) in [6, 6.07) is 9.12. The summed E-state index contributed by atoms with van der Waals surface area (Å²) in [5.41, 5.74) is 3.22. The number of carbonyl (C=O) groups is 3. The summed E-state index contributed by atoms with van der Waals surface area (Å²) >= 11 is 0. The van der Waals surface area contributed by atoms with E-state index in [1.54, 1.807) is 24.3 Å². The van der Waals surface area contributed by atoms with Gasteiger partial charge in [0.25, 0.3) is 0 Å². The Kier molecular flexibility index (Phi) is 5.59. The fraction of sp³-hybridized carbons (Fsp3) is 0.182. The lowest BCUT2D eigenvalue weighted by Gasteiger charge is -2.25. The van der Waals surface area contributed by atoms with Gasteiger partial charge in [-0.05, 0) is 36.4 Å². The second-order valence-electron chi connectivity index (χ2n) is 7.22. The SMILES string of the molecule is COC(=O)N1CC(=O)c2c([nH]c(-c3ccnc(NC(C)=O)c3)c2Nc2ccc(F)cc2)C1. The molecule has 32 heavy (non-hydrogen) atoms. The molecule has 0 fully saturated rings. The molecule has 0 radical (unpaired) electrons. The van der Waals surface area contributed by atoms with Gasteiger partial charge < -0.3 is 20.4 Å². The fourth-order valence-corrected chi connectivity index (χ4v) is 3.59. The largest absolute Gasteiger partial charge is 0.453 e. The van der Waals surface area contributed by atoms with Crippen molar-refractivity contribution < 1.29 is 23.5 Å². The Labute approximate surface area is 182 Å². The molecular weight excluding hydrogens is 417 g/mol. The highest BCUT2D eigenvalue weighted by Crippen LogP contribution is 2.38. The Balaban J connectivity index is 1.82. The van der Waals surface area contributed by atoms with Crippen molar-refractivity contribution in [3.63, 3.8) is 0 Å². The van der Waals surface area contributed by atoms with Crippen LogP contribution >= 0.6 is 0 Å². The molecule has 1 aliphatic heterocycles. The average Bonchev–Trinajstić information content (AvgIpc) is 3.13. The summed E-state index contributed by atoms with van der Waals surface area (Å²) in [6.07, 6.45) is 0.926. The summed E-state index contributed by atoms with van der Waals surface area (Å²) in [4.78, 5) is 45.1. The van der Waals surface area contributed by atoms with Crippen LogP contribution in [-0.4, -0.2) is 46.3 Å². The lowest BCUT2D eigenvalue weighted by atomic mass is 10.0. The molecule has 3 N–H and O–H groups in total. The quantitative estimate of drug-likeness (QED) is 0.573. The van der Waals surface area contributed by atoms with Crippen LogP contribution in [0.15, 0.2) is 42.6 Å². The van der Waals surface area contributed by atoms with Crippen LogP contribution in [0.2, 0.25) is 0 Å². The number of H-pyrrole nitrogens is 1. The van der Waals surface area contributed by atoms with Crippen LogP contribution in [0.5, 0.6) is 0 Å². The van der Waals surface area contributed by atoms with E-state index in [0.29, 0.717) is 39.7 Å². The maximum absolute atomic E-state index is 13.4. The van der Waals surface area contributed by atoms with Gasteiger partial charge in [0.05, 0.1) is 37.1 Å². The van der Waals surface area contributed by atoms with E-state index in [0.717, 1.165) is 0 Å². The smallest absolute Gasteiger partial charge is 0.410 e. The molecule has 9 nitrogen and oxygen atoms in total. The van der Waals surface area contributed by atoms with Gasteiger partial charge in [0, 0.05) is 30.1 Å². The van der Waals surface area contributed by atoms with Gasteiger partial charge in [-0.15, -0.1) is 0 Å². The minimum Gasteiger partial charge on any atom is -0.453 e. The number of pyridine rings is 1. The fourth-order valence-electron chi connectivity index (χ4n) is 3.59. The molecule has 3 aromatic rings. The van der Waals surface area contributed by atoms with Crippen LogP contribution in [0.3, 0.4) is 0 Å². The molecule has 0 saturated heterocycles. The number of Topliss-reactive ketones (excluding diaryl/α,β-unsaturated/α-hetero) is 1. The number of halogens is 1. The first-order chi connectivity index (χ1) is 15.4. The van der Waals surface area contributed by atoms with E-state index in [9.17, 15) is 18.8 Å². The van der Waals surface area contributed by atoms with Gasteiger partial charge in [0.1, 0.15) is 11.6 Å². The van der Waals surface area contributed by atoms with E-state index in [1.807, 2.05) is 0 Å². The highest BCUT2D eigenvalue weighted by molar-refractivity contribution is 6.09. The molecule has 10 heteroatoms. The minimum atomic E-state index is -0.606. The van der Waals surface area contributed by atoms with Crippen molar-refractivity contribution in [3.8, 4) is 11.3 Å². The molecule has 0 spiro atoms. The Morgan fingerprint density at radius 3 is 2.62 bits per heavy atom.